The molecule has 96 valence electrons. The zero-order valence-electron chi connectivity index (χ0n) is 11.3. The van der Waals surface area contributed by atoms with Gasteiger partial charge in [-0.25, -0.2) is 5.26 Å². The summed E-state index contributed by atoms with van der Waals surface area (Å²) in [6.45, 7) is 4.79. The summed E-state index contributed by atoms with van der Waals surface area (Å²) in [5, 5.41) is 17.2. The number of ether oxygens (including phenoxy) is 1. The van der Waals surface area contributed by atoms with Gasteiger partial charge < -0.3 is 4.74 Å². The Balaban J connectivity index is 3.88. The molecule has 0 heterocycles. The molecule has 3 nitrogen and oxygen atoms in total. The maximum Gasteiger partial charge on any atom is 0.267 e. The van der Waals surface area contributed by atoms with Gasteiger partial charge >= 0.3 is 0 Å². The molecule has 1 unspecified atom stereocenters. The summed E-state index contributed by atoms with van der Waals surface area (Å²) < 4.78 is 5.71. The lowest BCUT2D eigenvalue weighted by atomic mass is 9.46. The fraction of sp³-hybridized carbons (Fsp3) is 0.571. The second-order valence-electron chi connectivity index (χ2n) is 4.08. The Bertz CT molecular complexity index is 339. The summed E-state index contributed by atoms with van der Waals surface area (Å²) >= 11 is 0. The first-order valence-electron chi connectivity index (χ1n) is 6.47. The largest absolute Gasteiger partial charge is 0.374 e. The maximum atomic E-state index is 8.82. The van der Waals surface area contributed by atoms with Gasteiger partial charge in [0.1, 0.15) is 0 Å². The van der Waals surface area contributed by atoms with Crippen LogP contribution in [-0.4, -0.2) is 19.4 Å². The van der Waals surface area contributed by atoms with Crippen LogP contribution in [0.25, 0.3) is 0 Å². The van der Waals surface area contributed by atoms with Crippen molar-refractivity contribution in [2.24, 2.45) is 0 Å². The molecule has 4 heteroatoms. The fourth-order valence-electron chi connectivity index (χ4n) is 1.60. The minimum Gasteiger partial charge on any atom is -0.374 e. The van der Waals surface area contributed by atoms with E-state index >= 15 is 0 Å². The zero-order chi connectivity index (χ0) is 13.6. The van der Waals surface area contributed by atoms with E-state index in [1.165, 1.54) is 6.08 Å². The number of allylic oxidation sites excluding steroid dienone is 2. The van der Waals surface area contributed by atoms with Crippen LogP contribution in [0.3, 0.4) is 0 Å². The van der Waals surface area contributed by atoms with Gasteiger partial charge in [0.25, 0.3) is 6.71 Å². The molecule has 0 saturated heterocycles. The summed E-state index contributed by atoms with van der Waals surface area (Å²) in [5.41, 5.74) is 0. The molecule has 0 spiro atoms. The number of nitrogens with zero attached hydrogens (tertiary/aromatic N) is 2. The smallest absolute Gasteiger partial charge is 0.267 e. The highest BCUT2D eigenvalue weighted by molar-refractivity contribution is 6.66. The second-order valence-corrected chi connectivity index (χ2v) is 4.08. The number of hydrogen-bond donors (Lipinski definition) is 0. The van der Waals surface area contributed by atoms with E-state index in [1.807, 2.05) is 38.1 Å². The van der Waals surface area contributed by atoms with Crippen LogP contribution >= 0.6 is 0 Å². The lowest BCUT2D eigenvalue weighted by Gasteiger charge is -2.12. The molecule has 0 aromatic heterocycles. The lowest BCUT2D eigenvalue weighted by molar-refractivity contribution is 0.0876. The molecule has 0 rings (SSSR count). The van der Waals surface area contributed by atoms with Gasteiger partial charge in [0.05, 0.1) is 12.2 Å². The van der Waals surface area contributed by atoms with E-state index in [-0.39, 0.29) is 12.8 Å². The molecule has 18 heavy (non-hydrogen) atoms. The van der Waals surface area contributed by atoms with Gasteiger partial charge in [-0.3, -0.25) is 0 Å². The number of rotatable bonds is 9. The van der Waals surface area contributed by atoms with E-state index in [0.717, 1.165) is 19.1 Å². The molecular formula is C14H21BN2O. The third-order valence-electron chi connectivity index (χ3n) is 2.67. The van der Waals surface area contributed by atoms with Crippen LogP contribution in [0.2, 0.25) is 12.6 Å². The molecule has 0 aromatic rings. The molecular weight excluding hydrogens is 223 g/mol. The minimum atomic E-state index is 0.0294. The Kier molecular flexibility index (Phi) is 10.9. The van der Waals surface area contributed by atoms with E-state index in [9.17, 15) is 0 Å². The van der Waals surface area contributed by atoms with Crippen molar-refractivity contribution in [1.29, 1.82) is 10.5 Å². The first-order valence-corrected chi connectivity index (χ1v) is 6.47. The van der Waals surface area contributed by atoms with E-state index in [4.69, 9.17) is 15.3 Å². The van der Waals surface area contributed by atoms with Crippen molar-refractivity contribution in [2.75, 3.05) is 6.61 Å². The van der Waals surface area contributed by atoms with E-state index < -0.39 is 0 Å². The van der Waals surface area contributed by atoms with Crippen LogP contribution in [0.4, 0.5) is 0 Å². The normalized spacial score (nSPS) is 12.4. The fourth-order valence-corrected chi connectivity index (χ4v) is 1.60. The first-order chi connectivity index (χ1) is 8.78. The molecule has 0 aliphatic heterocycles. The van der Waals surface area contributed by atoms with Crippen molar-refractivity contribution in [3.8, 4) is 12.0 Å². The Morgan fingerprint density at radius 3 is 2.72 bits per heavy atom. The maximum absolute atomic E-state index is 8.82. The summed E-state index contributed by atoms with van der Waals surface area (Å²) in [6, 6.07) is 1.97. The highest BCUT2D eigenvalue weighted by atomic mass is 16.5. The average molecular weight is 244 g/mol. The SMILES string of the molecule is C/C=C/C(C/C=C/C#N)OCCCB(C#N)CC. The predicted octanol–water partition coefficient (Wildman–Crippen LogP) is 3.39. The van der Waals surface area contributed by atoms with Crippen LogP contribution in [0.1, 0.15) is 26.7 Å². The Labute approximate surface area is 111 Å². The van der Waals surface area contributed by atoms with Gasteiger partial charge in [-0.2, -0.15) is 5.26 Å². The Morgan fingerprint density at radius 1 is 1.39 bits per heavy atom. The van der Waals surface area contributed by atoms with Crippen molar-refractivity contribution < 1.29 is 4.74 Å². The molecule has 0 radical (unpaired) electrons. The topological polar surface area (TPSA) is 56.8 Å². The predicted molar refractivity (Wildman–Crippen MR) is 75.2 cm³/mol. The molecule has 0 aliphatic rings. The van der Waals surface area contributed by atoms with Crippen molar-refractivity contribution in [3.05, 3.63) is 24.3 Å². The quantitative estimate of drug-likeness (QED) is 0.270. The summed E-state index contributed by atoms with van der Waals surface area (Å²) in [7, 11) is 0. The highest BCUT2D eigenvalue weighted by Crippen LogP contribution is 2.07. The summed E-state index contributed by atoms with van der Waals surface area (Å²) in [5.74, 6) is 2.29. The minimum absolute atomic E-state index is 0.0294. The monoisotopic (exact) mass is 244 g/mol. The highest BCUT2D eigenvalue weighted by Gasteiger charge is 2.10. The zero-order valence-corrected chi connectivity index (χ0v) is 11.3. The van der Waals surface area contributed by atoms with Gasteiger partial charge in [-0.1, -0.05) is 37.8 Å². The van der Waals surface area contributed by atoms with Crippen LogP contribution in [0.5, 0.6) is 0 Å². The van der Waals surface area contributed by atoms with Crippen LogP contribution < -0.4 is 0 Å². The van der Waals surface area contributed by atoms with Gasteiger partial charge in [0.2, 0.25) is 0 Å². The second kappa shape index (κ2) is 12.0. The van der Waals surface area contributed by atoms with Crippen molar-refractivity contribution >= 4 is 6.71 Å². The van der Waals surface area contributed by atoms with E-state index in [2.05, 4.69) is 5.97 Å². The van der Waals surface area contributed by atoms with Gasteiger partial charge in [-0.05, 0) is 19.8 Å². The Hall–Kier alpha value is -1.52. The van der Waals surface area contributed by atoms with Crippen molar-refractivity contribution in [1.82, 2.24) is 0 Å². The van der Waals surface area contributed by atoms with Crippen LogP contribution in [-0.2, 0) is 4.74 Å². The third kappa shape index (κ3) is 8.62. The molecule has 0 N–H and O–H groups in total. The Morgan fingerprint density at radius 2 is 2.17 bits per heavy atom. The van der Waals surface area contributed by atoms with Crippen LogP contribution in [0, 0.1) is 22.6 Å². The lowest BCUT2D eigenvalue weighted by Crippen LogP contribution is -2.13. The van der Waals surface area contributed by atoms with Gasteiger partial charge in [-0.15, -0.1) is 0 Å². The molecule has 0 bridgehead atoms. The van der Waals surface area contributed by atoms with Gasteiger partial charge in [0, 0.05) is 18.7 Å². The molecule has 0 aromatic carbocycles. The molecule has 0 fully saturated rings. The standard InChI is InChI=1S/C14H21BN2O/c1-3-8-14(9-5-6-11-16)18-12-7-10-15(4-2)13-17/h3,5-6,8,14H,4,7,9-10,12H2,1-2H3/b6-5+,8-3+. The molecule has 0 aliphatic carbocycles. The van der Waals surface area contributed by atoms with Gasteiger partial charge in [0.15, 0.2) is 0 Å². The van der Waals surface area contributed by atoms with Crippen molar-refractivity contribution in [3.63, 3.8) is 0 Å². The average Bonchev–Trinajstić information content (AvgIpc) is 2.39. The third-order valence-corrected chi connectivity index (χ3v) is 2.67. The van der Waals surface area contributed by atoms with Crippen molar-refractivity contribution in [2.45, 2.75) is 45.4 Å². The number of nitriles is 2. The first kappa shape index (κ1) is 16.5. The van der Waals surface area contributed by atoms with E-state index in [1.54, 1.807) is 0 Å². The summed E-state index contributed by atoms with van der Waals surface area (Å²) in [6.07, 6.45) is 10.7. The molecule has 0 amide bonds. The van der Waals surface area contributed by atoms with E-state index in [0.29, 0.717) is 13.0 Å². The number of hydrogen-bond acceptors (Lipinski definition) is 3. The summed E-state index contributed by atoms with van der Waals surface area (Å²) in [4.78, 5) is 0. The molecule has 1 atom stereocenters. The van der Waals surface area contributed by atoms with Crippen LogP contribution in [0.15, 0.2) is 24.3 Å². The molecule has 0 saturated carbocycles.